The van der Waals surface area contributed by atoms with E-state index >= 15 is 0 Å². The largest absolute Gasteiger partial charge is 0.508 e. The average Bonchev–Trinajstić information content (AvgIpc) is 2.63. The number of rotatable bonds is 4. The SMILES string of the molecule is CN1CCN(c2ccc(NC(=O)/C=C/c3ccc(O)cc3)cc2)CC1. The van der Waals surface area contributed by atoms with Crippen molar-refractivity contribution < 1.29 is 9.90 Å². The van der Waals surface area contributed by atoms with Crippen LogP contribution in [0, 0.1) is 0 Å². The Morgan fingerprint density at radius 2 is 1.64 bits per heavy atom. The van der Waals surface area contributed by atoms with Gasteiger partial charge >= 0.3 is 0 Å². The molecule has 0 bridgehead atoms. The van der Waals surface area contributed by atoms with Gasteiger partial charge in [0.1, 0.15) is 5.75 Å². The summed E-state index contributed by atoms with van der Waals surface area (Å²) in [6, 6.07) is 14.6. The van der Waals surface area contributed by atoms with Crippen LogP contribution in [0.25, 0.3) is 6.08 Å². The van der Waals surface area contributed by atoms with E-state index in [1.54, 1.807) is 30.3 Å². The van der Waals surface area contributed by atoms with Gasteiger partial charge in [0.2, 0.25) is 5.91 Å². The Morgan fingerprint density at radius 3 is 2.28 bits per heavy atom. The van der Waals surface area contributed by atoms with Gasteiger partial charge in [-0.3, -0.25) is 4.79 Å². The van der Waals surface area contributed by atoms with E-state index < -0.39 is 0 Å². The minimum absolute atomic E-state index is 0.180. The molecule has 3 rings (SSSR count). The molecule has 0 radical (unpaired) electrons. The summed E-state index contributed by atoms with van der Waals surface area (Å²) in [6.45, 7) is 4.19. The molecule has 5 nitrogen and oxygen atoms in total. The van der Waals surface area contributed by atoms with Crippen LogP contribution < -0.4 is 10.2 Å². The van der Waals surface area contributed by atoms with Crippen molar-refractivity contribution in [2.75, 3.05) is 43.4 Å². The maximum atomic E-state index is 12.0. The van der Waals surface area contributed by atoms with Crippen LogP contribution in [0.3, 0.4) is 0 Å². The van der Waals surface area contributed by atoms with E-state index in [0.717, 1.165) is 37.4 Å². The number of aromatic hydroxyl groups is 1. The summed E-state index contributed by atoms with van der Waals surface area (Å²) in [5.74, 6) is 0.0301. The Hall–Kier alpha value is -2.79. The second-order valence-electron chi connectivity index (χ2n) is 6.25. The summed E-state index contributed by atoms with van der Waals surface area (Å²) >= 11 is 0. The number of likely N-dealkylation sites (N-methyl/N-ethyl adjacent to an activating group) is 1. The molecule has 1 amide bonds. The molecule has 2 aromatic carbocycles. The standard InChI is InChI=1S/C20H23N3O2/c1-22-12-14-23(15-13-22)18-7-5-17(6-8-18)21-20(25)11-4-16-2-9-19(24)10-3-16/h2-11,24H,12-15H2,1H3,(H,21,25)/b11-4+. The van der Waals surface area contributed by atoms with Crippen molar-refractivity contribution in [1.29, 1.82) is 0 Å². The van der Waals surface area contributed by atoms with Gasteiger partial charge in [0.15, 0.2) is 0 Å². The lowest BCUT2D eigenvalue weighted by Crippen LogP contribution is -2.44. The van der Waals surface area contributed by atoms with Crippen molar-refractivity contribution in [2.24, 2.45) is 0 Å². The topological polar surface area (TPSA) is 55.8 Å². The number of carbonyl (C=O) groups excluding carboxylic acids is 1. The fraction of sp³-hybridized carbons (Fsp3) is 0.250. The van der Waals surface area contributed by atoms with Crippen molar-refractivity contribution in [2.45, 2.75) is 0 Å². The van der Waals surface area contributed by atoms with Gasteiger partial charge in [0.25, 0.3) is 0 Å². The van der Waals surface area contributed by atoms with Crippen LogP contribution in [-0.4, -0.2) is 49.1 Å². The molecule has 5 heteroatoms. The molecule has 0 atom stereocenters. The van der Waals surface area contributed by atoms with E-state index in [9.17, 15) is 9.90 Å². The number of hydrogen-bond acceptors (Lipinski definition) is 4. The van der Waals surface area contributed by atoms with E-state index in [0.29, 0.717) is 0 Å². The molecule has 0 unspecified atom stereocenters. The highest BCUT2D eigenvalue weighted by Gasteiger charge is 2.13. The lowest BCUT2D eigenvalue weighted by molar-refractivity contribution is -0.111. The molecular formula is C20H23N3O2. The van der Waals surface area contributed by atoms with Crippen LogP contribution in [0.1, 0.15) is 5.56 Å². The lowest BCUT2D eigenvalue weighted by Gasteiger charge is -2.34. The van der Waals surface area contributed by atoms with Crippen molar-refractivity contribution in [3.05, 3.63) is 60.2 Å². The fourth-order valence-electron chi connectivity index (χ4n) is 2.76. The monoisotopic (exact) mass is 337 g/mol. The van der Waals surface area contributed by atoms with Gasteiger partial charge in [-0.15, -0.1) is 0 Å². The van der Waals surface area contributed by atoms with Gasteiger partial charge in [0.05, 0.1) is 0 Å². The highest BCUT2D eigenvalue weighted by atomic mass is 16.3. The number of anilines is 2. The molecule has 0 spiro atoms. The molecule has 2 aromatic rings. The van der Waals surface area contributed by atoms with Gasteiger partial charge in [-0.25, -0.2) is 0 Å². The minimum atomic E-state index is -0.180. The predicted octanol–water partition coefficient (Wildman–Crippen LogP) is 2.80. The summed E-state index contributed by atoms with van der Waals surface area (Å²) < 4.78 is 0. The number of amides is 1. The van der Waals surface area contributed by atoms with Crippen LogP contribution in [-0.2, 0) is 4.79 Å². The second kappa shape index (κ2) is 7.85. The van der Waals surface area contributed by atoms with Crippen molar-refractivity contribution in [3.8, 4) is 5.75 Å². The molecule has 0 aliphatic carbocycles. The first-order valence-electron chi connectivity index (χ1n) is 8.42. The average molecular weight is 337 g/mol. The lowest BCUT2D eigenvalue weighted by atomic mass is 10.2. The highest BCUT2D eigenvalue weighted by Crippen LogP contribution is 2.19. The molecule has 130 valence electrons. The van der Waals surface area contributed by atoms with Crippen molar-refractivity contribution in [3.63, 3.8) is 0 Å². The number of nitrogens with one attached hydrogen (secondary N) is 1. The Labute approximate surface area is 148 Å². The van der Waals surface area contributed by atoms with Gasteiger partial charge in [-0.1, -0.05) is 12.1 Å². The molecule has 0 saturated carbocycles. The smallest absolute Gasteiger partial charge is 0.248 e. The Balaban J connectivity index is 1.55. The molecule has 1 aliphatic heterocycles. The minimum Gasteiger partial charge on any atom is -0.508 e. The van der Waals surface area contributed by atoms with Gasteiger partial charge in [0, 0.05) is 43.6 Å². The maximum Gasteiger partial charge on any atom is 0.248 e. The highest BCUT2D eigenvalue weighted by molar-refractivity contribution is 6.02. The fourth-order valence-corrected chi connectivity index (χ4v) is 2.76. The number of piperazine rings is 1. The van der Waals surface area contributed by atoms with Gasteiger partial charge < -0.3 is 20.2 Å². The predicted molar refractivity (Wildman–Crippen MR) is 102 cm³/mol. The van der Waals surface area contributed by atoms with Crippen LogP contribution in [0.15, 0.2) is 54.6 Å². The molecule has 1 saturated heterocycles. The van der Waals surface area contributed by atoms with E-state index in [1.165, 1.54) is 11.8 Å². The van der Waals surface area contributed by atoms with Crippen LogP contribution >= 0.6 is 0 Å². The van der Waals surface area contributed by atoms with E-state index in [2.05, 4.69) is 22.2 Å². The third-order valence-electron chi connectivity index (χ3n) is 4.32. The van der Waals surface area contributed by atoms with Crippen molar-refractivity contribution in [1.82, 2.24) is 4.90 Å². The van der Waals surface area contributed by atoms with Crippen molar-refractivity contribution >= 4 is 23.4 Å². The number of benzene rings is 2. The van der Waals surface area contributed by atoms with E-state index in [1.807, 2.05) is 24.3 Å². The van der Waals surface area contributed by atoms with E-state index in [4.69, 9.17) is 0 Å². The molecule has 0 aromatic heterocycles. The number of hydrogen-bond donors (Lipinski definition) is 2. The Kier molecular flexibility index (Phi) is 5.36. The summed E-state index contributed by atoms with van der Waals surface area (Å²) in [5, 5.41) is 12.1. The molecular weight excluding hydrogens is 314 g/mol. The first kappa shape index (κ1) is 17.0. The quantitative estimate of drug-likeness (QED) is 0.843. The molecule has 2 N–H and O–H groups in total. The molecule has 1 heterocycles. The first-order chi connectivity index (χ1) is 12.1. The first-order valence-corrected chi connectivity index (χ1v) is 8.42. The van der Waals surface area contributed by atoms with Gasteiger partial charge in [-0.2, -0.15) is 0 Å². The zero-order valence-corrected chi connectivity index (χ0v) is 14.4. The summed E-state index contributed by atoms with van der Waals surface area (Å²) in [6.07, 6.45) is 3.20. The summed E-state index contributed by atoms with van der Waals surface area (Å²) in [4.78, 5) is 16.7. The number of nitrogens with zero attached hydrogens (tertiary/aromatic N) is 2. The zero-order valence-electron chi connectivity index (χ0n) is 14.4. The summed E-state index contributed by atoms with van der Waals surface area (Å²) in [7, 11) is 2.14. The molecule has 1 fully saturated rings. The third kappa shape index (κ3) is 4.84. The van der Waals surface area contributed by atoms with E-state index in [-0.39, 0.29) is 11.7 Å². The summed E-state index contributed by atoms with van der Waals surface area (Å²) in [5.41, 5.74) is 2.82. The molecule has 1 aliphatic rings. The third-order valence-corrected chi connectivity index (χ3v) is 4.32. The molecule has 25 heavy (non-hydrogen) atoms. The van der Waals surface area contributed by atoms with Crippen LogP contribution in [0.4, 0.5) is 11.4 Å². The maximum absolute atomic E-state index is 12.0. The van der Waals surface area contributed by atoms with Gasteiger partial charge in [-0.05, 0) is 55.1 Å². The Bertz CT molecular complexity index is 731. The van der Waals surface area contributed by atoms with Crippen LogP contribution in [0.5, 0.6) is 5.75 Å². The number of carbonyl (C=O) groups is 1. The Morgan fingerprint density at radius 1 is 1.00 bits per heavy atom. The van der Waals surface area contributed by atoms with Crippen LogP contribution in [0.2, 0.25) is 0 Å². The normalized spacial score (nSPS) is 15.5. The zero-order chi connectivity index (χ0) is 17.6. The number of phenols is 1. The second-order valence-corrected chi connectivity index (χ2v) is 6.25. The number of phenolic OH excluding ortho intramolecular Hbond substituents is 1.